The van der Waals surface area contributed by atoms with Gasteiger partial charge in [0.05, 0.1) is 0 Å². The number of carbonyl (C=O) groups excluding carboxylic acids is 2. The first-order valence-electron chi connectivity index (χ1n) is 6.96. The summed E-state index contributed by atoms with van der Waals surface area (Å²) in [6.07, 6.45) is 2.60. The third-order valence-electron chi connectivity index (χ3n) is 4.05. The number of piperidine rings is 1. The van der Waals surface area contributed by atoms with Crippen LogP contribution >= 0.6 is 11.3 Å². The number of thiophene rings is 1. The molecule has 2 fully saturated rings. The molecule has 6 nitrogen and oxygen atoms in total. The first-order chi connectivity index (χ1) is 10.1. The number of carboxylic acids is 1. The number of nitrogens with zero attached hydrogens (tertiary/aromatic N) is 2. The van der Waals surface area contributed by atoms with Crippen molar-refractivity contribution in [2.75, 3.05) is 13.1 Å². The second kappa shape index (κ2) is 5.48. The van der Waals surface area contributed by atoms with Crippen LogP contribution in [0.2, 0.25) is 0 Å². The first kappa shape index (κ1) is 14.1. The van der Waals surface area contributed by atoms with Crippen molar-refractivity contribution in [2.45, 2.75) is 31.8 Å². The fourth-order valence-corrected chi connectivity index (χ4v) is 3.77. The van der Waals surface area contributed by atoms with Crippen LogP contribution in [0.15, 0.2) is 11.4 Å². The molecule has 2 saturated heterocycles. The molecule has 3 heterocycles. The Labute approximate surface area is 126 Å². The van der Waals surface area contributed by atoms with E-state index in [1.807, 2.05) is 0 Å². The molecule has 0 aliphatic carbocycles. The average Bonchev–Trinajstić information content (AvgIpc) is 2.93. The van der Waals surface area contributed by atoms with E-state index in [-0.39, 0.29) is 35.8 Å². The Bertz CT molecular complexity index is 598. The van der Waals surface area contributed by atoms with Crippen molar-refractivity contribution in [3.8, 4) is 0 Å². The van der Waals surface area contributed by atoms with Gasteiger partial charge in [0.1, 0.15) is 17.5 Å². The lowest BCUT2D eigenvalue weighted by atomic mass is 9.98. The quantitative estimate of drug-likeness (QED) is 0.909. The Balaban J connectivity index is 1.79. The number of rotatable bonds is 3. The smallest absolute Gasteiger partial charge is 0.346 e. The summed E-state index contributed by atoms with van der Waals surface area (Å²) in [4.78, 5) is 39.2. The molecule has 1 unspecified atom stereocenters. The van der Waals surface area contributed by atoms with Gasteiger partial charge >= 0.3 is 5.97 Å². The second-order valence-corrected chi connectivity index (χ2v) is 6.29. The molecule has 112 valence electrons. The first-order valence-corrected chi connectivity index (χ1v) is 7.84. The van der Waals surface area contributed by atoms with Crippen molar-refractivity contribution in [1.29, 1.82) is 0 Å². The fourth-order valence-electron chi connectivity index (χ4n) is 3.02. The molecule has 0 radical (unpaired) electrons. The Morgan fingerprint density at radius 2 is 2.19 bits per heavy atom. The maximum absolute atomic E-state index is 12.5. The van der Waals surface area contributed by atoms with E-state index < -0.39 is 5.97 Å². The summed E-state index contributed by atoms with van der Waals surface area (Å²) in [6, 6.07) is 1.35. The molecule has 1 atom stereocenters. The third-order valence-corrected chi connectivity index (χ3v) is 4.99. The highest BCUT2D eigenvalue weighted by molar-refractivity contribution is 7.12. The number of carboxylic acid groups (broad SMARTS) is 1. The van der Waals surface area contributed by atoms with Gasteiger partial charge in [-0.2, -0.15) is 0 Å². The lowest BCUT2D eigenvalue weighted by Crippen LogP contribution is -2.60. The minimum absolute atomic E-state index is 0.0357. The molecule has 2 aliphatic heterocycles. The molecule has 3 rings (SSSR count). The van der Waals surface area contributed by atoms with E-state index in [2.05, 4.69) is 0 Å². The Morgan fingerprint density at radius 3 is 2.95 bits per heavy atom. The monoisotopic (exact) mass is 308 g/mol. The highest BCUT2D eigenvalue weighted by Gasteiger charge is 2.40. The minimum atomic E-state index is -0.991. The number of piperazine rings is 1. The van der Waals surface area contributed by atoms with Crippen LogP contribution in [0.3, 0.4) is 0 Å². The van der Waals surface area contributed by atoms with Crippen LogP contribution in [0.1, 0.15) is 34.5 Å². The number of hydrogen-bond acceptors (Lipinski definition) is 4. The van der Waals surface area contributed by atoms with Gasteiger partial charge in [-0.3, -0.25) is 9.59 Å². The fraction of sp³-hybridized carbons (Fsp3) is 0.500. The van der Waals surface area contributed by atoms with Crippen molar-refractivity contribution in [3.05, 3.63) is 21.9 Å². The normalized spacial score (nSPS) is 22.4. The van der Waals surface area contributed by atoms with Gasteiger partial charge in [-0.15, -0.1) is 11.3 Å². The van der Waals surface area contributed by atoms with Crippen LogP contribution in [-0.4, -0.2) is 51.8 Å². The highest BCUT2D eigenvalue weighted by atomic mass is 32.1. The average molecular weight is 308 g/mol. The number of aromatic carboxylic acids is 1. The van der Waals surface area contributed by atoms with Gasteiger partial charge in [-0.1, -0.05) is 0 Å². The van der Waals surface area contributed by atoms with Crippen molar-refractivity contribution in [3.63, 3.8) is 0 Å². The van der Waals surface area contributed by atoms with Gasteiger partial charge in [0.15, 0.2) is 0 Å². The Morgan fingerprint density at radius 1 is 1.38 bits per heavy atom. The summed E-state index contributed by atoms with van der Waals surface area (Å²) in [6.45, 7) is 0.895. The molecule has 0 bridgehead atoms. The molecule has 1 N–H and O–H groups in total. The number of carbonyl (C=O) groups is 3. The van der Waals surface area contributed by atoms with Crippen molar-refractivity contribution < 1.29 is 19.5 Å². The summed E-state index contributed by atoms with van der Waals surface area (Å²) < 4.78 is 0. The van der Waals surface area contributed by atoms with E-state index in [0.29, 0.717) is 18.5 Å². The molecule has 0 spiro atoms. The highest BCUT2D eigenvalue weighted by Crippen LogP contribution is 2.26. The largest absolute Gasteiger partial charge is 0.477 e. The topological polar surface area (TPSA) is 77.9 Å². The van der Waals surface area contributed by atoms with E-state index in [1.165, 1.54) is 4.90 Å². The van der Waals surface area contributed by atoms with Gasteiger partial charge in [0.25, 0.3) is 0 Å². The van der Waals surface area contributed by atoms with Gasteiger partial charge in [0, 0.05) is 13.1 Å². The number of hydrogen-bond donors (Lipinski definition) is 1. The number of fused-ring (bicyclic) bond motifs is 1. The summed E-state index contributed by atoms with van der Waals surface area (Å²) in [5, 5.41) is 10.8. The standard InChI is InChI=1S/C14H16N2O4S/c17-11-8-15(7-9-4-6-21-12(9)14(19)20)13(18)10-3-1-2-5-16(10)11/h4,6,10H,1-3,5,7-8H2,(H,19,20). The van der Waals surface area contributed by atoms with Crippen LogP contribution in [0.4, 0.5) is 0 Å². The van der Waals surface area contributed by atoms with Crippen molar-refractivity contribution in [1.82, 2.24) is 9.80 Å². The summed E-state index contributed by atoms with van der Waals surface area (Å²) >= 11 is 1.14. The molecule has 2 amide bonds. The zero-order valence-electron chi connectivity index (χ0n) is 11.4. The Hall–Kier alpha value is -1.89. The van der Waals surface area contributed by atoms with E-state index in [0.717, 1.165) is 24.2 Å². The van der Waals surface area contributed by atoms with Crippen molar-refractivity contribution >= 4 is 29.1 Å². The molecular formula is C14H16N2O4S. The van der Waals surface area contributed by atoms with Crippen molar-refractivity contribution in [2.24, 2.45) is 0 Å². The molecule has 0 aromatic carbocycles. The zero-order chi connectivity index (χ0) is 15.0. The third kappa shape index (κ3) is 2.53. The lowest BCUT2D eigenvalue weighted by Gasteiger charge is -2.42. The maximum atomic E-state index is 12.5. The van der Waals surface area contributed by atoms with Crippen LogP contribution in [0.25, 0.3) is 0 Å². The molecule has 1 aromatic rings. The molecule has 2 aliphatic rings. The summed E-state index contributed by atoms with van der Waals surface area (Å²) in [5.41, 5.74) is 0.595. The number of amides is 2. The predicted octanol–water partition coefficient (Wildman–Crippen LogP) is 1.17. The van der Waals surface area contributed by atoms with E-state index in [9.17, 15) is 14.4 Å². The second-order valence-electron chi connectivity index (χ2n) is 5.37. The zero-order valence-corrected chi connectivity index (χ0v) is 12.3. The van der Waals surface area contributed by atoms with E-state index in [4.69, 9.17) is 5.11 Å². The SMILES string of the molecule is O=C(O)c1sccc1CN1CC(=O)N2CCCCC2C1=O. The van der Waals surface area contributed by atoms with Gasteiger partial charge < -0.3 is 14.9 Å². The minimum Gasteiger partial charge on any atom is -0.477 e. The van der Waals surface area contributed by atoms with Crippen LogP contribution < -0.4 is 0 Å². The summed E-state index contributed by atoms with van der Waals surface area (Å²) in [5.74, 6) is -1.08. The van der Waals surface area contributed by atoms with Gasteiger partial charge in [-0.05, 0) is 36.3 Å². The molecule has 21 heavy (non-hydrogen) atoms. The Kier molecular flexibility index (Phi) is 3.67. The van der Waals surface area contributed by atoms with Gasteiger partial charge in [0.2, 0.25) is 11.8 Å². The van der Waals surface area contributed by atoms with Crippen LogP contribution in [0, 0.1) is 0 Å². The molecular weight excluding hydrogens is 292 g/mol. The van der Waals surface area contributed by atoms with Gasteiger partial charge in [-0.25, -0.2) is 4.79 Å². The molecule has 7 heteroatoms. The van der Waals surface area contributed by atoms with E-state index in [1.54, 1.807) is 16.3 Å². The van der Waals surface area contributed by atoms with Crippen LogP contribution in [-0.2, 0) is 16.1 Å². The molecule has 0 saturated carbocycles. The van der Waals surface area contributed by atoms with E-state index >= 15 is 0 Å². The molecule has 1 aromatic heterocycles. The maximum Gasteiger partial charge on any atom is 0.346 e. The summed E-state index contributed by atoms with van der Waals surface area (Å²) in [7, 11) is 0. The predicted molar refractivity (Wildman–Crippen MR) is 76.0 cm³/mol. The lowest BCUT2D eigenvalue weighted by molar-refractivity contribution is -0.158. The van der Waals surface area contributed by atoms with Crippen LogP contribution in [0.5, 0.6) is 0 Å².